The predicted molar refractivity (Wildman–Crippen MR) is 108 cm³/mol. The number of aryl methyl sites for hydroxylation is 1. The number of esters is 1. The quantitative estimate of drug-likeness (QED) is 0.477. The summed E-state index contributed by atoms with van der Waals surface area (Å²) in [6, 6.07) is 4.41. The minimum atomic E-state index is -3.69. The molecule has 1 N–H and O–H groups in total. The molecule has 9 heteroatoms. The van der Waals surface area contributed by atoms with Crippen LogP contribution in [0, 0.1) is 12.8 Å². The molecular weight excluding hydrogens is 396 g/mol. The molecule has 0 radical (unpaired) electrons. The molecule has 0 atom stereocenters. The lowest BCUT2D eigenvalue weighted by Gasteiger charge is -2.31. The van der Waals surface area contributed by atoms with Crippen LogP contribution in [0.2, 0.25) is 0 Å². The number of ether oxygens (including phenoxy) is 2. The van der Waals surface area contributed by atoms with E-state index in [0.29, 0.717) is 43.7 Å². The first kappa shape index (κ1) is 23.3. The van der Waals surface area contributed by atoms with Crippen LogP contribution in [-0.4, -0.2) is 64.6 Å². The van der Waals surface area contributed by atoms with Crippen molar-refractivity contribution in [2.24, 2.45) is 5.92 Å². The summed E-state index contributed by atoms with van der Waals surface area (Å²) in [6.07, 6.45) is 1.72. The van der Waals surface area contributed by atoms with Gasteiger partial charge in [0.25, 0.3) is 0 Å². The van der Waals surface area contributed by atoms with Gasteiger partial charge >= 0.3 is 5.97 Å². The zero-order valence-electron chi connectivity index (χ0n) is 17.3. The number of nitrogens with one attached hydrogen (secondary N) is 1. The third-order valence-corrected chi connectivity index (χ3v) is 7.07. The summed E-state index contributed by atoms with van der Waals surface area (Å²) in [5.41, 5.74) is 0.797. The fraction of sp³-hybridized carbons (Fsp3) is 0.600. The molecule has 1 amide bonds. The number of piperidine rings is 1. The number of benzene rings is 1. The predicted octanol–water partition coefficient (Wildman–Crippen LogP) is 1.73. The second-order valence-corrected chi connectivity index (χ2v) is 8.90. The monoisotopic (exact) mass is 426 g/mol. The number of carbonyl (C=O) groups excluding carboxylic acids is 2. The van der Waals surface area contributed by atoms with Crippen LogP contribution in [0.15, 0.2) is 23.1 Å². The summed E-state index contributed by atoms with van der Waals surface area (Å²) in [5, 5.41) is 2.90. The maximum absolute atomic E-state index is 13.0. The fourth-order valence-corrected chi connectivity index (χ4v) is 5.03. The van der Waals surface area contributed by atoms with Gasteiger partial charge in [-0.05, 0) is 56.9 Å². The Hall–Kier alpha value is -1.97. The van der Waals surface area contributed by atoms with Crippen molar-refractivity contribution in [1.82, 2.24) is 9.62 Å². The van der Waals surface area contributed by atoms with Crippen molar-refractivity contribution in [3.63, 3.8) is 0 Å². The number of hydrogen-bond acceptors (Lipinski definition) is 6. The third-order valence-electron chi connectivity index (χ3n) is 5.01. The van der Waals surface area contributed by atoms with Crippen LogP contribution >= 0.6 is 0 Å². The summed E-state index contributed by atoms with van der Waals surface area (Å²) in [4.78, 5) is 24.1. The maximum Gasteiger partial charge on any atom is 0.337 e. The number of rotatable bonds is 9. The molecule has 0 aliphatic carbocycles. The molecule has 1 heterocycles. The lowest BCUT2D eigenvalue weighted by molar-refractivity contribution is -0.126. The number of hydrogen-bond donors (Lipinski definition) is 1. The first-order valence-electron chi connectivity index (χ1n) is 9.85. The Morgan fingerprint density at radius 1 is 1.24 bits per heavy atom. The van der Waals surface area contributed by atoms with E-state index in [1.54, 1.807) is 6.92 Å². The van der Waals surface area contributed by atoms with Crippen molar-refractivity contribution < 1.29 is 27.5 Å². The average molecular weight is 427 g/mol. The van der Waals surface area contributed by atoms with Crippen molar-refractivity contribution in [2.45, 2.75) is 38.0 Å². The highest BCUT2D eigenvalue weighted by molar-refractivity contribution is 7.89. The van der Waals surface area contributed by atoms with Gasteiger partial charge in [0.15, 0.2) is 0 Å². The largest absolute Gasteiger partial charge is 0.465 e. The van der Waals surface area contributed by atoms with Crippen LogP contribution in [0.4, 0.5) is 0 Å². The van der Waals surface area contributed by atoms with E-state index in [1.807, 2.05) is 6.92 Å². The number of nitrogens with zero attached hydrogens (tertiary/aromatic N) is 1. The zero-order chi connectivity index (χ0) is 21.4. The summed E-state index contributed by atoms with van der Waals surface area (Å²) < 4.78 is 37.3. The van der Waals surface area contributed by atoms with Crippen LogP contribution < -0.4 is 5.32 Å². The van der Waals surface area contributed by atoms with Crippen LogP contribution in [0.25, 0.3) is 0 Å². The van der Waals surface area contributed by atoms with Crippen LogP contribution in [-0.2, 0) is 24.3 Å². The molecule has 1 fully saturated rings. The first-order chi connectivity index (χ1) is 13.8. The zero-order valence-corrected chi connectivity index (χ0v) is 18.1. The Kier molecular flexibility index (Phi) is 8.60. The van der Waals surface area contributed by atoms with Crippen LogP contribution in [0.1, 0.15) is 42.1 Å². The van der Waals surface area contributed by atoms with Crippen molar-refractivity contribution in [3.8, 4) is 0 Å². The molecule has 29 heavy (non-hydrogen) atoms. The molecular formula is C20H30N2O6S. The molecule has 0 spiro atoms. The van der Waals surface area contributed by atoms with Gasteiger partial charge in [-0.25, -0.2) is 13.2 Å². The van der Waals surface area contributed by atoms with Crippen molar-refractivity contribution >= 4 is 21.9 Å². The van der Waals surface area contributed by atoms with E-state index in [-0.39, 0.29) is 29.8 Å². The van der Waals surface area contributed by atoms with E-state index in [4.69, 9.17) is 4.74 Å². The van der Waals surface area contributed by atoms with Gasteiger partial charge in [0.1, 0.15) is 0 Å². The van der Waals surface area contributed by atoms with Gasteiger partial charge in [-0.3, -0.25) is 4.79 Å². The van der Waals surface area contributed by atoms with Crippen LogP contribution in [0.5, 0.6) is 0 Å². The number of amides is 1. The van der Waals surface area contributed by atoms with E-state index < -0.39 is 16.0 Å². The molecule has 2 rings (SSSR count). The van der Waals surface area contributed by atoms with Gasteiger partial charge in [-0.15, -0.1) is 0 Å². The Morgan fingerprint density at radius 2 is 1.93 bits per heavy atom. The third kappa shape index (κ3) is 6.01. The van der Waals surface area contributed by atoms with E-state index in [1.165, 1.54) is 29.6 Å². The molecule has 1 aliphatic rings. The molecule has 0 saturated carbocycles. The van der Waals surface area contributed by atoms with E-state index >= 15 is 0 Å². The lowest BCUT2D eigenvalue weighted by atomic mass is 9.97. The highest BCUT2D eigenvalue weighted by Crippen LogP contribution is 2.26. The SMILES string of the molecule is CCOCCCNC(=O)C1CCN(S(=O)(=O)c2ccc(C(=O)OC)cc2C)CC1. The molecule has 1 aliphatic heterocycles. The van der Waals surface area contributed by atoms with E-state index in [9.17, 15) is 18.0 Å². The first-order valence-corrected chi connectivity index (χ1v) is 11.3. The Balaban J connectivity index is 1.94. The summed E-state index contributed by atoms with van der Waals surface area (Å²) in [6.45, 7) is 5.99. The van der Waals surface area contributed by atoms with Gasteiger partial charge < -0.3 is 14.8 Å². The van der Waals surface area contributed by atoms with Gasteiger partial charge in [0.2, 0.25) is 15.9 Å². The molecule has 8 nitrogen and oxygen atoms in total. The maximum atomic E-state index is 13.0. The second kappa shape index (κ2) is 10.7. The Bertz CT molecular complexity index is 816. The van der Waals surface area contributed by atoms with E-state index in [2.05, 4.69) is 10.1 Å². The summed E-state index contributed by atoms with van der Waals surface area (Å²) >= 11 is 0. The van der Waals surface area contributed by atoms with Gasteiger partial charge in [0, 0.05) is 38.8 Å². The summed E-state index contributed by atoms with van der Waals surface area (Å²) in [7, 11) is -2.41. The standard InChI is InChI=1S/C20H30N2O6S/c1-4-28-13-5-10-21-19(23)16-8-11-22(12-9-16)29(25,26)18-7-6-17(14-15(18)2)20(24)27-3/h6-7,14,16H,4-5,8-13H2,1-3H3,(H,21,23). The molecule has 1 saturated heterocycles. The second-order valence-electron chi connectivity index (χ2n) is 6.99. The number of methoxy groups -OCH3 is 1. The number of carbonyl (C=O) groups is 2. The molecule has 162 valence electrons. The highest BCUT2D eigenvalue weighted by atomic mass is 32.2. The van der Waals surface area contributed by atoms with Crippen molar-refractivity contribution in [1.29, 1.82) is 0 Å². The van der Waals surface area contributed by atoms with Gasteiger partial charge in [0.05, 0.1) is 17.6 Å². The van der Waals surface area contributed by atoms with Gasteiger partial charge in [-0.1, -0.05) is 0 Å². The van der Waals surface area contributed by atoms with Crippen LogP contribution in [0.3, 0.4) is 0 Å². The minimum Gasteiger partial charge on any atom is -0.465 e. The fourth-order valence-electron chi connectivity index (χ4n) is 3.36. The Morgan fingerprint density at radius 3 is 2.52 bits per heavy atom. The molecule has 0 unspecified atom stereocenters. The molecule has 1 aromatic carbocycles. The number of sulfonamides is 1. The molecule has 0 bridgehead atoms. The summed E-state index contributed by atoms with van der Waals surface area (Å²) in [5.74, 6) is -0.723. The minimum absolute atomic E-state index is 0.0304. The lowest BCUT2D eigenvalue weighted by Crippen LogP contribution is -2.43. The van der Waals surface area contributed by atoms with Crippen molar-refractivity contribution in [3.05, 3.63) is 29.3 Å². The van der Waals surface area contributed by atoms with E-state index in [0.717, 1.165) is 6.42 Å². The average Bonchev–Trinajstić information content (AvgIpc) is 2.72. The Labute approximate surface area is 172 Å². The molecule has 1 aromatic rings. The topological polar surface area (TPSA) is 102 Å². The highest BCUT2D eigenvalue weighted by Gasteiger charge is 2.32. The molecule has 0 aromatic heterocycles. The van der Waals surface area contributed by atoms with Gasteiger partial charge in [-0.2, -0.15) is 4.31 Å². The normalized spacial score (nSPS) is 15.8. The smallest absolute Gasteiger partial charge is 0.337 e. The van der Waals surface area contributed by atoms with Crippen molar-refractivity contribution in [2.75, 3.05) is 40.0 Å².